The zero-order valence-corrected chi connectivity index (χ0v) is 8.16. The Morgan fingerprint density at radius 3 is 0.632 bits per heavy atom. The molecule has 0 saturated carbocycles. The van der Waals surface area contributed by atoms with E-state index in [1.54, 1.807) is 0 Å². The summed E-state index contributed by atoms with van der Waals surface area (Å²) in [4.78, 5) is 36.4. The monoisotopic (exact) mass is 290 g/mol. The Hall–Kier alpha value is -1.72. The summed E-state index contributed by atoms with van der Waals surface area (Å²) in [5.74, 6) is -7.30. The van der Waals surface area contributed by atoms with Crippen molar-refractivity contribution in [2.24, 2.45) is 0 Å². The molecule has 0 rings (SSSR count). The Morgan fingerprint density at radius 1 is 0.579 bits per heavy atom. The second-order valence-corrected chi connectivity index (χ2v) is 1.57. The molecule has 11 nitrogen and oxygen atoms in total. The van der Waals surface area contributed by atoms with E-state index >= 15 is 0 Å². The summed E-state index contributed by atoms with van der Waals surface area (Å²) >= 11 is 0. The van der Waals surface area contributed by atoms with Gasteiger partial charge in [0.1, 0.15) is 0 Å². The van der Waals surface area contributed by atoms with E-state index in [2.05, 4.69) is 0 Å². The fourth-order valence-electron chi connectivity index (χ4n) is 0. The van der Waals surface area contributed by atoms with Crippen LogP contribution in [0.1, 0.15) is 0 Å². The molecule has 0 aliphatic rings. The Balaban J connectivity index is -0.0000000315. The second-order valence-electron chi connectivity index (χ2n) is 1.57. The van der Waals surface area contributed by atoms with Gasteiger partial charge in [-0.15, -0.1) is 0 Å². The van der Waals surface area contributed by atoms with Crippen molar-refractivity contribution < 1.29 is 64.1 Å². The first kappa shape index (κ1) is 36.0. The second kappa shape index (κ2) is 21.6. The van der Waals surface area contributed by atoms with E-state index in [0.717, 1.165) is 0 Å². The fraction of sp³-hybridized carbons (Fsp3) is 0. The molecular formula is C4H10BF2LiO11. The Morgan fingerprint density at radius 2 is 0.632 bits per heavy atom. The summed E-state index contributed by atoms with van der Waals surface area (Å²) in [5, 5.41) is 51.1. The van der Waals surface area contributed by atoms with Crippen LogP contribution >= 0.6 is 0 Å². The first-order chi connectivity index (χ1) is 7.02. The molecule has 0 aromatic heterocycles. The van der Waals surface area contributed by atoms with Crippen molar-refractivity contribution in [3.63, 3.8) is 0 Å². The van der Waals surface area contributed by atoms with Gasteiger partial charge in [-0.25, -0.2) is 19.2 Å². The number of carboxylic acid groups (broad SMARTS) is 4. The van der Waals surface area contributed by atoms with E-state index < -0.39 is 31.2 Å². The van der Waals surface area contributed by atoms with E-state index in [-0.39, 0.29) is 28.3 Å². The molecule has 0 bridgehead atoms. The summed E-state index contributed by atoms with van der Waals surface area (Å²) in [6.45, 7) is 0. The SMILES string of the molecule is F.F.O=C(O)C(=O)O.O=C(O)C(=O)O.OB(O)O.[LiH]. The van der Waals surface area contributed by atoms with Crippen LogP contribution in [0.5, 0.6) is 0 Å². The van der Waals surface area contributed by atoms with Crippen LogP contribution in [-0.4, -0.2) is 85.6 Å². The van der Waals surface area contributed by atoms with Gasteiger partial charge in [-0.05, 0) is 0 Å². The van der Waals surface area contributed by atoms with Gasteiger partial charge in [0.2, 0.25) is 0 Å². The molecule has 0 spiro atoms. The zero-order chi connectivity index (χ0) is 13.9. The number of carbonyl (C=O) groups is 4. The molecule has 0 amide bonds. The van der Waals surface area contributed by atoms with Crippen LogP contribution in [0.3, 0.4) is 0 Å². The van der Waals surface area contributed by atoms with Crippen molar-refractivity contribution >= 4 is 50.1 Å². The van der Waals surface area contributed by atoms with E-state index in [4.69, 9.17) is 54.7 Å². The first-order valence-corrected chi connectivity index (χ1v) is 2.99. The van der Waals surface area contributed by atoms with E-state index in [9.17, 15) is 0 Å². The normalized spacial score (nSPS) is 6.05. The topological polar surface area (TPSA) is 210 Å². The van der Waals surface area contributed by atoms with Crippen LogP contribution in [0, 0.1) is 0 Å². The maximum absolute atomic E-state index is 9.10. The molecule has 0 atom stereocenters. The minimum absolute atomic E-state index is 0. The number of hydrogen-bond donors (Lipinski definition) is 7. The van der Waals surface area contributed by atoms with Gasteiger partial charge in [0.15, 0.2) is 0 Å². The van der Waals surface area contributed by atoms with Crippen molar-refractivity contribution in [3.05, 3.63) is 0 Å². The van der Waals surface area contributed by atoms with E-state index in [1.165, 1.54) is 0 Å². The van der Waals surface area contributed by atoms with Gasteiger partial charge in [0.25, 0.3) is 0 Å². The Kier molecular flexibility index (Phi) is 40.8. The molecule has 0 aromatic rings. The van der Waals surface area contributed by atoms with Crippen LogP contribution in [0.15, 0.2) is 0 Å². The molecule has 0 saturated heterocycles. The predicted octanol–water partition coefficient (Wildman–Crippen LogP) is -4.08. The Bertz CT molecular complexity index is 221. The predicted molar refractivity (Wildman–Crippen MR) is 55.1 cm³/mol. The zero-order valence-electron chi connectivity index (χ0n) is 8.16. The van der Waals surface area contributed by atoms with Crippen LogP contribution < -0.4 is 0 Å². The average molecular weight is 290 g/mol. The van der Waals surface area contributed by atoms with Gasteiger partial charge in [0, 0.05) is 0 Å². The molecule has 15 heteroatoms. The van der Waals surface area contributed by atoms with Crippen LogP contribution in [0.4, 0.5) is 9.41 Å². The number of aliphatic carboxylic acids is 4. The van der Waals surface area contributed by atoms with Gasteiger partial charge in [-0.2, -0.15) is 0 Å². The molecule has 0 radical (unpaired) electrons. The van der Waals surface area contributed by atoms with Gasteiger partial charge >= 0.3 is 50.1 Å². The summed E-state index contributed by atoms with van der Waals surface area (Å²) < 4.78 is 0. The van der Waals surface area contributed by atoms with E-state index in [0.29, 0.717) is 0 Å². The molecule has 110 valence electrons. The number of rotatable bonds is 0. The average Bonchev–Trinajstić information content (AvgIpc) is 2.03. The quantitative estimate of drug-likeness (QED) is 0.168. The van der Waals surface area contributed by atoms with Gasteiger partial charge in [-0.1, -0.05) is 0 Å². The molecule has 0 aromatic carbocycles. The third-order valence-electron chi connectivity index (χ3n) is 0.366. The summed E-state index contributed by atoms with van der Waals surface area (Å²) in [6, 6.07) is 0. The molecule has 0 aliphatic carbocycles. The van der Waals surface area contributed by atoms with Crippen LogP contribution in [0.2, 0.25) is 0 Å². The van der Waals surface area contributed by atoms with Crippen molar-refractivity contribution in [1.82, 2.24) is 0 Å². The maximum atomic E-state index is 9.10. The Labute approximate surface area is 115 Å². The molecule has 0 heterocycles. The van der Waals surface area contributed by atoms with Crippen molar-refractivity contribution in [2.45, 2.75) is 0 Å². The van der Waals surface area contributed by atoms with Crippen molar-refractivity contribution in [3.8, 4) is 0 Å². The molecule has 0 aliphatic heterocycles. The van der Waals surface area contributed by atoms with Crippen molar-refractivity contribution in [2.75, 3.05) is 0 Å². The van der Waals surface area contributed by atoms with Gasteiger partial charge < -0.3 is 35.5 Å². The summed E-state index contributed by atoms with van der Waals surface area (Å²) in [5.41, 5.74) is 0. The van der Waals surface area contributed by atoms with Gasteiger partial charge in [-0.3, -0.25) is 9.41 Å². The van der Waals surface area contributed by atoms with E-state index in [1.807, 2.05) is 0 Å². The number of hydrogen-bond acceptors (Lipinski definition) is 7. The van der Waals surface area contributed by atoms with Crippen LogP contribution in [-0.2, 0) is 19.2 Å². The van der Waals surface area contributed by atoms with Gasteiger partial charge in [0.05, 0.1) is 0 Å². The fourth-order valence-corrected chi connectivity index (χ4v) is 0. The summed E-state index contributed by atoms with van der Waals surface area (Å²) in [7, 11) is -2.17. The molecule has 19 heavy (non-hydrogen) atoms. The van der Waals surface area contributed by atoms with Crippen molar-refractivity contribution in [1.29, 1.82) is 0 Å². The van der Waals surface area contributed by atoms with Crippen LogP contribution in [0.25, 0.3) is 0 Å². The number of carboxylic acids is 4. The summed E-state index contributed by atoms with van der Waals surface area (Å²) in [6.07, 6.45) is 0. The molecule has 7 N–H and O–H groups in total. The third-order valence-corrected chi connectivity index (χ3v) is 0.366. The number of halogens is 2. The first-order valence-electron chi connectivity index (χ1n) is 2.99. The standard InChI is InChI=1S/2C2H2O4.BH3O3.2FH.Li.H/c2*3-1(4)2(5)6;2-1(3)4;;;;/h2*(H,3,4)(H,5,6);2-4H;2*1H;;. The molecule has 0 fully saturated rings. The molecule has 0 unspecified atom stereocenters. The third kappa shape index (κ3) is 84.2. The minimum atomic E-state index is -2.17. The molecular weight excluding hydrogens is 280 g/mol.